The summed E-state index contributed by atoms with van der Waals surface area (Å²) >= 11 is 5.63. The van der Waals surface area contributed by atoms with Crippen molar-refractivity contribution in [3.8, 4) is 5.75 Å². The highest BCUT2D eigenvalue weighted by Gasteiger charge is 2.14. The van der Waals surface area contributed by atoms with E-state index in [2.05, 4.69) is 0 Å². The third-order valence-electron chi connectivity index (χ3n) is 1.67. The molecule has 0 aliphatic carbocycles. The van der Waals surface area contributed by atoms with E-state index in [9.17, 15) is 9.18 Å². The molecule has 0 heterocycles. The number of carboxylic acids is 1. The molecule has 76 valence electrons. The monoisotopic (exact) mass is 218 g/mol. The average Bonchev–Trinajstić information content (AvgIpc) is 2.10. The first-order chi connectivity index (χ1) is 6.56. The second-order valence-electron chi connectivity index (χ2n) is 2.62. The second kappa shape index (κ2) is 4.28. The zero-order chi connectivity index (χ0) is 10.7. The number of carboxylic acid groups (broad SMARTS) is 1. The zero-order valence-electron chi connectivity index (χ0n) is 7.38. The molecule has 0 aliphatic heterocycles. The summed E-state index contributed by atoms with van der Waals surface area (Å²) < 4.78 is 18.1. The summed E-state index contributed by atoms with van der Waals surface area (Å²) in [5.74, 6) is -1.94. The van der Waals surface area contributed by atoms with Gasteiger partial charge < -0.3 is 9.84 Å². The van der Waals surface area contributed by atoms with Crippen LogP contribution in [0.25, 0.3) is 0 Å². The van der Waals surface area contributed by atoms with Crippen molar-refractivity contribution in [1.82, 2.24) is 0 Å². The number of carbonyl (C=O) groups is 1. The Morgan fingerprint density at radius 3 is 2.79 bits per heavy atom. The molecule has 0 radical (unpaired) electrons. The van der Waals surface area contributed by atoms with E-state index in [1.165, 1.54) is 19.2 Å². The molecule has 0 spiro atoms. The summed E-state index contributed by atoms with van der Waals surface area (Å²) in [4.78, 5) is 10.4. The summed E-state index contributed by atoms with van der Waals surface area (Å²) in [7, 11) is 1.27. The molecule has 0 fully saturated rings. The van der Waals surface area contributed by atoms with Gasteiger partial charge in [-0.2, -0.15) is 0 Å². The number of rotatable bonds is 3. The molecule has 14 heavy (non-hydrogen) atoms. The summed E-state index contributed by atoms with van der Waals surface area (Å²) in [5.41, 5.74) is 0.0544. The van der Waals surface area contributed by atoms with Crippen molar-refractivity contribution in [1.29, 1.82) is 0 Å². The predicted molar refractivity (Wildman–Crippen MR) is 49.3 cm³/mol. The van der Waals surface area contributed by atoms with Gasteiger partial charge in [0, 0.05) is 5.56 Å². The van der Waals surface area contributed by atoms with Crippen molar-refractivity contribution >= 4 is 17.6 Å². The van der Waals surface area contributed by atoms with Crippen LogP contribution in [0.3, 0.4) is 0 Å². The van der Waals surface area contributed by atoms with Crippen molar-refractivity contribution in [2.45, 2.75) is 6.42 Å². The number of ether oxygens (including phenoxy) is 1. The van der Waals surface area contributed by atoms with E-state index in [-0.39, 0.29) is 22.8 Å². The van der Waals surface area contributed by atoms with E-state index < -0.39 is 11.8 Å². The first-order valence-electron chi connectivity index (χ1n) is 3.79. The van der Waals surface area contributed by atoms with E-state index >= 15 is 0 Å². The van der Waals surface area contributed by atoms with E-state index in [0.29, 0.717) is 0 Å². The van der Waals surface area contributed by atoms with Gasteiger partial charge >= 0.3 is 5.97 Å². The molecule has 0 atom stereocenters. The molecule has 0 bridgehead atoms. The highest BCUT2D eigenvalue weighted by molar-refractivity contribution is 6.32. The van der Waals surface area contributed by atoms with Crippen LogP contribution in [0.5, 0.6) is 5.75 Å². The van der Waals surface area contributed by atoms with Gasteiger partial charge in [-0.25, -0.2) is 4.39 Å². The smallest absolute Gasteiger partial charge is 0.307 e. The van der Waals surface area contributed by atoms with Crippen LogP contribution >= 0.6 is 11.6 Å². The number of benzene rings is 1. The minimum absolute atomic E-state index is 0.0544. The fourth-order valence-corrected chi connectivity index (χ4v) is 1.28. The lowest BCUT2D eigenvalue weighted by molar-refractivity contribution is -0.136. The molecule has 0 saturated heterocycles. The largest absolute Gasteiger partial charge is 0.492 e. The van der Waals surface area contributed by atoms with Gasteiger partial charge in [0.05, 0.1) is 18.6 Å². The SMILES string of the molecule is COc1c(Cl)ccc(CC(=O)O)c1F. The lowest BCUT2D eigenvalue weighted by atomic mass is 10.1. The van der Waals surface area contributed by atoms with E-state index in [4.69, 9.17) is 21.4 Å². The highest BCUT2D eigenvalue weighted by atomic mass is 35.5. The normalized spacial score (nSPS) is 9.93. The van der Waals surface area contributed by atoms with Crippen LogP contribution in [0.2, 0.25) is 5.02 Å². The molecule has 0 aromatic heterocycles. The van der Waals surface area contributed by atoms with Gasteiger partial charge in [0.1, 0.15) is 0 Å². The van der Waals surface area contributed by atoms with Crippen LogP contribution < -0.4 is 4.74 Å². The molecular weight excluding hydrogens is 211 g/mol. The van der Waals surface area contributed by atoms with Crippen molar-refractivity contribution < 1.29 is 19.0 Å². The average molecular weight is 219 g/mol. The number of halogens is 2. The van der Waals surface area contributed by atoms with Gasteiger partial charge in [0.25, 0.3) is 0 Å². The summed E-state index contributed by atoms with van der Waals surface area (Å²) in [6.07, 6.45) is -0.390. The lowest BCUT2D eigenvalue weighted by Crippen LogP contribution is -2.03. The van der Waals surface area contributed by atoms with Crippen molar-refractivity contribution in [3.05, 3.63) is 28.5 Å². The van der Waals surface area contributed by atoms with E-state index in [1.54, 1.807) is 0 Å². The Bertz CT molecular complexity index is 365. The molecular formula is C9H8ClFO3. The maximum atomic E-state index is 13.4. The maximum Gasteiger partial charge on any atom is 0.307 e. The van der Waals surface area contributed by atoms with Gasteiger partial charge in [-0.15, -0.1) is 0 Å². The third kappa shape index (κ3) is 2.14. The molecule has 3 nitrogen and oxygen atoms in total. The zero-order valence-corrected chi connectivity index (χ0v) is 8.14. The Hall–Kier alpha value is -1.29. The fourth-order valence-electron chi connectivity index (χ4n) is 1.06. The van der Waals surface area contributed by atoms with Crippen LogP contribution in [-0.4, -0.2) is 18.2 Å². The minimum atomic E-state index is -1.10. The molecule has 0 amide bonds. The van der Waals surface area contributed by atoms with Gasteiger partial charge in [-0.05, 0) is 6.07 Å². The number of methoxy groups -OCH3 is 1. The molecule has 1 N–H and O–H groups in total. The summed E-state index contributed by atoms with van der Waals surface area (Å²) in [5, 5.41) is 8.61. The third-order valence-corrected chi connectivity index (χ3v) is 1.97. The molecule has 1 rings (SSSR count). The summed E-state index contributed by atoms with van der Waals surface area (Å²) in [6.45, 7) is 0. The number of aliphatic carboxylic acids is 1. The Kier molecular flexibility index (Phi) is 3.30. The van der Waals surface area contributed by atoms with Gasteiger partial charge in [0.15, 0.2) is 11.6 Å². The second-order valence-corrected chi connectivity index (χ2v) is 3.03. The minimum Gasteiger partial charge on any atom is -0.492 e. The van der Waals surface area contributed by atoms with Gasteiger partial charge in [0.2, 0.25) is 0 Å². The number of hydrogen-bond donors (Lipinski definition) is 1. The molecule has 0 saturated carbocycles. The fraction of sp³-hybridized carbons (Fsp3) is 0.222. The Labute approximate surface area is 85.1 Å². The Morgan fingerprint density at radius 1 is 1.64 bits per heavy atom. The van der Waals surface area contributed by atoms with Crippen LogP contribution in [0.15, 0.2) is 12.1 Å². The van der Waals surface area contributed by atoms with Crippen LogP contribution in [0.4, 0.5) is 4.39 Å². The van der Waals surface area contributed by atoms with Gasteiger partial charge in [-0.1, -0.05) is 17.7 Å². The summed E-state index contributed by atoms with van der Waals surface area (Å²) in [6, 6.07) is 2.73. The highest BCUT2D eigenvalue weighted by Crippen LogP contribution is 2.29. The van der Waals surface area contributed by atoms with E-state index in [1.807, 2.05) is 0 Å². The Morgan fingerprint density at radius 2 is 2.29 bits per heavy atom. The topological polar surface area (TPSA) is 46.5 Å². The first kappa shape index (κ1) is 10.8. The molecule has 0 aliphatic rings. The van der Waals surface area contributed by atoms with Gasteiger partial charge in [-0.3, -0.25) is 4.79 Å². The molecule has 1 aromatic carbocycles. The first-order valence-corrected chi connectivity index (χ1v) is 4.16. The lowest BCUT2D eigenvalue weighted by Gasteiger charge is -2.07. The predicted octanol–water partition coefficient (Wildman–Crippen LogP) is 2.11. The van der Waals surface area contributed by atoms with Crippen molar-refractivity contribution in [2.75, 3.05) is 7.11 Å². The maximum absolute atomic E-state index is 13.4. The van der Waals surface area contributed by atoms with Crippen LogP contribution in [0, 0.1) is 5.82 Å². The number of hydrogen-bond acceptors (Lipinski definition) is 2. The standard InChI is InChI=1S/C9H8ClFO3/c1-14-9-6(10)3-2-5(8(9)11)4-7(12)13/h2-3H,4H2,1H3,(H,12,13). The molecule has 1 aromatic rings. The van der Waals surface area contributed by atoms with Crippen molar-refractivity contribution in [2.24, 2.45) is 0 Å². The van der Waals surface area contributed by atoms with Crippen molar-refractivity contribution in [3.63, 3.8) is 0 Å². The van der Waals surface area contributed by atoms with Crippen LogP contribution in [0.1, 0.15) is 5.56 Å². The molecule has 0 unspecified atom stereocenters. The molecule has 5 heteroatoms. The van der Waals surface area contributed by atoms with E-state index in [0.717, 1.165) is 0 Å². The quantitative estimate of drug-likeness (QED) is 0.845. The Balaban J connectivity index is 3.14. The van der Waals surface area contributed by atoms with Crippen LogP contribution in [-0.2, 0) is 11.2 Å².